The van der Waals surface area contributed by atoms with Crippen LogP contribution in [-0.4, -0.2) is 0 Å². The van der Waals surface area contributed by atoms with E-state index in [0.717, 1.165) is 0 Å². The van der Waals surface area contributed by atoms with Gasteiger partial charge in [-0.05, 0) is 89.0 Å². The minimum atomic E-state index is 1.24. The van der Waals surface area contributed by atoms with Gasteiger partial charge in [0, 0.05) is 0 Å². The van der Waals surface area contributed by atoms with E-state index in [1.807, 2.05) is 0 Å². The van der Waals surface area contributed by atoms with Crippen molar-refractivity contribution in [2.24, 2.45) is 0 Å². The Bertz CT molecular complexity index is 2190. The zero-order valence-electron chi connectivity index (χ0n) is 22.9. The highest BCUT2D eigenvalue weighted by Crippen LogP contribution is 2.45. The molecule has 8 rings (SSSR count). The van der Waals surface area contributed by atoms with Crippen molar-refractivity contribution in [3.05, 3.63) is 157 Å². The fourth-order valence-corrected chi connectivity index (χ4v) is 6.69. The molecule has 0 aromatic heterocycles. The smallest absolute Gasteiger partial charge is 0.00201 e. The van der Waals surface area contributed by atoms with Gasteiger partial charge in [-0.3, -0.25) is 0 Å². The van der Waals surface area contributed by atoms with Crippen LogP contribution in [0.4, 0.5) is 0 Å². The molecule has 0 spiro atoms. The van der Waals surface area contributed by atoms with Gasteiger partial charge < -0.3 is 0 Å². The maximum absolute atomic E-state index is 2.31. The fraction of sp³-hybridized carbons (Fsp3) is 0.0244. The van der Waals surface area contributed by atoms with E-state index in [-0.39, 0.29) is 0 Å². The molecule has 0 atom stereocenters. The lowest BCUT2D eigenvalue weighted by Gasteiger charge is -2.19. The molecule has 0 N–H and O–H groups in total. The second-order valence-electron chi connectivity index (χ2n) is 10.9. The lowest BCUT2D eigenvalue weighted by Crippen LogP contribution is -1.92. The Labute approximate surface area is 240 Å². The Morgan fingerprint density at radius 1 is 0.293 bits per heavy atom. The van der Waals surface area contributed by atoms with E-state index >= 15 is 0 Å². The van der Waals surface area contributed by atoms with E-state index < -0.39 is 0 Å². The molecule has 0 heterocycles. The van der Waals surface area contributed by atoms with E-state index in [1.165, 1.54) is 82.0 Å². The van der Waals surface area contributed by atoms with Gasteiger partial charge in [-0.25, -0.2) is 0 Å². The molecule has 41 heavy (non-hydrogen) atoms. The van der Waals surface area contributed by atoms with Crippen LogP contribution in [0.5, 0.6) is 0 Å². The standard InChI is InChI=1S/C41H28/c1-27-21-26-39(34-15-5-4-13-31(27)34)41-37-18-8-6-16-35(37)40(36-17-7-9-19-38(36)41)30-24-22-29(23-25-30)33-20-10-12-28-11-2-3-14-32(28)33/h2-26H,1H3. The largest absolute Gasteiger partial charge is 0.0616 e. The number of fused-ring (bicyclic) bond motifs is 4. The van der Waals surface area contributed by atoms with Crippen LogP contribution in [0, 0.1) is 6.92 Å². The molecule has 8 aromatic carbocycles. The molecule has 0 amide bonds. The van der Waals surface area contributed by atoms with E-state index in [1.54, 1.807) is 0 Å². The number of rotatable bonds is 3. The minimum absolute atomic E-state index is 1.24. The molecule has 0 fully saturated rings. The van der Waals surface area contributed by atoms with Crippen LogP contribution in [0.1, 0.15) is 5.56 Å². The molecule has 8 aromatic rings. The molecule has 0 saturated heterocycles. The summed E-state index contributed by atoms with van der Waals surface area (Å²) in [6, 6.07) is 55.6. The van der Waals surface area contributed by atoms with Crippen molar-refractivity contribution in [2.75, 3.05) is 0 Å². The lowest BCUT2D eigenvalue weighted by molar-refractivity contribution is 1.53. The number of benzene rings is 8. The molecule has 0 nitrogen and oxygen atoms in total. The third-order valence-electron chi connectivity index (χ3n) is 8.62. The predicted octanol–water partition coefficient (Wildman–Crippen LogP) is 11.6. The summed E-state index contributed by atoms with van der Waals surface area (Å²) < 4.78 is 0. The summed E-state index contributed by atoms with van der Waals surface area (Å²) in [5.41, 5.74) is 8.94. The average molecular weight is 521 g/mol. The maximum atomic E-state index is 2.31. The van der Waals surface area contributed by atoms with Crippen molar-refractivity contribution >= 4 is 43.1 Å². The van der Waals surface area contributed by atoms with Gasteiger partial charge in [0.2, 0.25) is 0 Å². The second kappa shape index (κ2) is 9.47. The Hall–Kier alpha value is -5.20. The molecule has 0 heteroatoms. The first-order valence-electron chi connectivity index (χ1n) is 14.3. The highest BCUT2D eigenvalue weighted by Gasteiger charge is 2.18. The van der Waals surface area contributed by atoms with Crippen molar-refractivity contribution in [2.45, 2.75) is 6.92 Å². The predicted molar refractivity (Wildman–Crippen MR) is 178 cm³/mol. The van der Waals surface area contributed by atoms with Gasteiger partial charge in [-0.15, -0.1) is 0 Å². The van der Waals surface area contributed by atoms with Crippen molar-refractivity contribution in [1.82, 2.24) is 0 Å². The van der Waals surface area contributed by atoms with E-state index in [0.29, 0.717) is 0 Å². The Morgan fingerprint density at radius 3 is 1.44 bits per heavy atom. The summed E-state index contributed by atoms with van der Waals surface area (Å²) in [5, 5.41) is 10.3. The van der Waals surface area contributed by atoms with Crippen LogP contribution in [-0.2, 0) is 0 Å². The van der Waals surface area contributed by atoms with Gasteiger partial charge in [0.25, 0.3) is 0 Å². The van der Waals surface area contributed by atoms with Crippen LogP contribution in [0.2, 0.25) is 0 Å². The molecule has 0 saturated carbocycles. The normalized spacial score (nSPS) is 11.5. The topological polar surface area (TPSA) is 0 Å². The van der Waals surface area contributed by atoms with Gasteiger partial charge in [0.1, 0.15) is 0 Å². The highest BCUT2D eigenvalue weighted by molar-refractivity contribution is 6.23. The van der Waals surface area contributed by atoms with E-state index in [9.17, 15) is 0 Å². The second-order valence-corrected chi connectivity index (χ2v) is 10.9. The van der Waals surface area contributed by atoms with Gasteiger partial charge in [-0.2, -0.15) is 0 Å². The third kappa shape index (κ3) is 3.76. The monoisotopic (exact) mass is 520 g/mol. The highest BCUT2D eigenvalue weighted by atomic mass is 14.2. The molecular formula is C41H28. The van der Waals surface area contributed by atoms with Gasteiger partial charge >= 0.3 is 0 Å². The molecule has 0 aliphatic carbocycles. The van der Waals surface area contributed by atoms with Gasteiger partial charge in [0.05, 0.1) is 0 Å². The summed E-state index contributed by atoms with van der Waals surface area (Å²) in [7, 11) is 0. The van der Waals surface area contributed by atoms with E-state index in [4.69, 9.17) is 0 Å². The summed E-state index contributed by atoms with van der Waals surface area (Å²) >= 11 is 0. The number of hydrogen-bond acceptors (Lipinski definition) is 0. The van der Waals surface area contributed by atoms with Crippen molar-refractivity contribution in [1.29, 1.82) is 0 Å². The van der Waals surface area contributed by atoms with E-state index in [2.05, 4.69) is 159 Å². The summed E-state index contributed by atoms with van der Waals surface area (Å²) in [6.45, 7) is 2.20. The summed E-state index contributed by atoms with van der Waals surface area (Å²) in [4.78, 5) is 0. The molecule has 0 radical (unpaired) electrons. The fourth-order valence-electron chi connectivity index (χ4n) is 6.69. The summed E-state index contributed by atoms with van der Waals surface area (Å²) in [5.74, 6) is 0. The minimum Gasteiger partial charge on any atom is -0.0616 e. The maximum Gasteiger partial charge on any atom is -0.00201 e. The quantitative estimate of drug-likeness (QED) is 0.203. The first kappa shape index (κ1) is 23.7. The van der Waals surface area contributed by atoms with Crippen molar-refractivity contribution < 1.29 is 0 Å². The summed E-state index contributed by atoms with van der Waals surface area (Å²) in [6.07, 6.45) is 0. The molecule has 0 unspecified atom stereocenters. The zero-order valence-corrected chi connectivity index (χ0v) is 22.9. The lowest BCUT2D eigenvalue weighted by atomic mass is 9.84. The van der Waals surface area contributed by atoms with Crippen molar-refractivity contribution in [3.8, 4) is 33.4 Å². The number of aryl methyl sites for hydroxylation is 1. The molecule has 0 aliphatic rings. The third-order valence-corrected chi connectivity index (χ3v) is 8.62. The molecule has 0 aliphatic heterocycles. The molecular weight excluding hydrogens is 492 g/mol. The van der Waals surface area contributed by atoms with Gasteiger partial charge in [0.15, 0.2) is 0 Å². The Balaban J connectivity index is 1.39. The average Bonchev–Trinajstić information content (AvgIpc) is 3.04. The number of hydrogen-bond donors (Lipinski definition) is 0. The Kier molecular flexibility index (Phi) is 5.47. The molecule has 192 valence electrons. The first-order chi connectivity index (χ1) is 20.3. The van der Waals surface area contributed by atoms with Crippen LogP contribution in [0.15, 0.2) is 152 Å². The van der Waals surface area contributed by atoms with Gasteiger partial charge in [-0.1, -0.05) is 152 Å². The SMILES string of the molecule is Cc1ccc(-c2c3ccccc3c(-c3ccc(-c4cccc5ccccc45)cc3)c3ccccc23)c2ccccc12. The van der Waals surface area contributed by atoms with Crippen LogP contribution in [0.25, 0.3) is 76.5 Å². The molecule has 0 bridgehead atoms. The van der Waals surface area contributed by atoms with Crippen molar-refractivity contribution in [3.63, 3.8) is 0 Å². The first-order valence-corrected chi connectivity index (χ1v) is 14.3. The van der Waals surface area contributed by atoms with Crippen LogP contribution >= 0.6 is 0 Å². The van der Waals surface area contributed by atoms with Crippen LogP contribution in [0.3, 0.4) is 0 Å². The Morgan fingerprint density at radius 2 is 0.780 bits per heavy atom. The van der Waals surface area contributed by atoms with Crippen LogP contribution < -0.4 is 0 Å². The zero-order chi connectivity index (χ0) is 27.3.